The van der Waals surface area contributed by atoms with Crippen LogP contribution in [0.4, 0.5) is 13.2 Å². The Morgan fingerprint density at radius 3 is 2.45 bits per heavy atom. The van der Waals surface area contributed by atoms with E-state index in [0.717, 1.165) is 5.56 Å². The van der Waals surface area contributed by atoms with Gasteiger partial charge < -0.3 is 4.90 Å². The number of hydrogen-bond acceptors (Lipinski definition) is 2. The minimum absolute atomic E-state index is 0.305. The minimum atomic E-state index is -4.27. The first-order valence-corrected chi connectivity index (χ1v) is 6.49. The van der Waals surface area contributed by atoms with Crippen LogP contribution in [0.1, 0.15) is 31.9 Å². The molecule has 3 atom stereocenters. The Hall–Kier alpha value is -1.56. The molecule has 1 aromatic carbocycles. The molecule has 0 radical (unpaired) electrons. The number of carbonyl (C=O) groups is 1. The summed E-state index contributed by atoms with van der Waals surface area (Å²) in [5.41, 5.74) is 0.769. The lowest BCUT2D eigenvalue weighted by molar-refractivity contribution is -0.153. The van der Waals surface area contributed by atoms with Crippen molar-refractivity contribution in [3.8, 4) is 0 Å². The van der Waals surface area contributed by atoms with Crippen LogP contribution in [0.5, 0.6) is 0 Å². The van der Waals surface area contributed by atoms with Crippen LogP contribution in [0.25, 0.3) is 0 Å². The van der Waals surface area contributed by atoms with Gasteiger partial charge in [0.05, 0.1) is 12.6 Å². The van der Waals surface area contributed by atoms with Gasteiger partial charge in [-0.3, -0.25) is 10.1 Å². The number of halogens is 3. The van der Waals surface area contributed by atoms with Crippen molar-refractivity contribution >= 4 is 5.91 Å². The fourth-order valence-electron chi connectivity index (χ4n) is 2.65. The summed E-state index contributed by atoms with van der Waals surface area (Å²) in [5, 5.41) is 3.05. The van der Waals surface area contributed by atoms with E-state index in [1.165, 1.54) is 11.8 Å². The summed E-state index contributed by atoms with van der Waals surface area (Å²) < 4.78 is 37.4. The summed E-state index contributed by atoms with van der Waals surface area (Å²) >= 11 is 0. The normalized spacial score (nSPS) is 25.1. The SMILES string of the molecule is CC(CC(F)(F)F)N1C(=O)C(c2ccccc2)NC1C. The van der Waals surface area contributed by atoms with Crippen molar-refractivity contribution in [2.75, 3.05) is 0 Å². The van der Waals surface area contributed by atoms with Crippen LogP contribution in [0.3, 0.4) is 0 Å². The van der Waals surface area contributed by atoms with Crippen LogP contribution in [0.2, 0.25) is 0 Å². The molecule has 110 valence electrons. The van der Waals surface area contributed by atoms with E-state index >= 15 is 0 Å². The average Bonchev–Trinajstić information content (AvgIpc) is 2.64. The maximum Gasteiger partial charge on any atom is 0.391 e. The monoisotopic (exact) mass is 286 g/mol. The van der Waals surface area contributed by atoms with Gasteiger partial charge in [-0.25, -0.2) is 0 Å². The lowest BCUT2D eigenvalue weighted by atomic mass is 10.1. The largest absolute Gasteiger partial charge is 0.391 e. The van der Waals surface area contributed by atoms with E-state index in [-0.39, 0.29) is 5.91 Å². The van der Waals surface area contributed by atoms with Crippen LogP contribution < -0.4 is 5.32 Å². The Kier molecular flexibility index (Phi) is 4.04. The standard InChI is InChI=1S/C14H17F3N2O/c1-9(8-14(15,16)17)19-10(2)18-12(13(19)20)11-6-4-3-5-7-11/h3-7,9-10,12,18H,8H2,1-2H3. The lowest BCUT2D eigenvalue weighted by Gasteiger charge is -2.28. The molecule has 1 aliphatic heterocycles. The van der Waals surface area contributed by atoms with Crippen molar-refractivity contribution in [2.45, 2.75) is 44.7 Å². The smallest absolute Gasteiger partial charge is 0.323 e. The summed E-state index contributed by atoms with van der Waals surface area (Å²) in [4.78, 5) is 13.6. The molecule has 1 amide bonds. The third-order valence-corrected chi connectivity index (χ3v) is 3.46. The number of nitrogens with zero attached hydrogens (tertiary/aromatic N) is 1. The van der Waals surface area contributed by atoms with Crippen LogP contribution in [0, 0.1) is 0 Å². The summed E-state index contributed by atoms with van der Waals surface area (Å²) in [6.45, 7) is 3.13. The van der Waals surface area contributed by atoms with Crippen molar-refractivity contribution in [3.63, 3.8) is 0 Å². The molecule has 1 heterocycles. The van der Waals surface area contributed by atoms with Gasteiger partial charge in [0.1, 0.15) is 6.04 Å². The van der Waals surface area contributed by atoms with Gasteiger partial charge in [-0.15, -0.1) is 0 Å². The Morgan fingerprint density at radius 2 is 1.90 bits per heavy atom. The first kappa shape index (κ1) is 14.8. The molecule has 0 aliphatic carbocycles. The van der Waals surface area contributed by atoms with Crippen molar-refractivity contribution < 1.29 is 18.0 Å². The third-order valence-electron chi connectivity index (χ3n) is 3.46. The first-order valence-electron chi connectivity index (χ1n) is 6.49. The first-order chi connectivity index (χ1) is 9.29. The molecule has 3 nitrogen and oxygen atoms in total. The molecule has 20 heavy (non-hydrogen) atoms. The molecule has 6 heteroatoms. The van der Waals surface area contributed by atoms with Crippen molar-refractivity contribution in [1.82, 2.24) is 10.2 Å². The van der Waals surface area contributed by atoms with Gasteiger partial charge >= 0.3 is 6.18 Å². The second-order valence-corrected chi connectivity index (χ2v) is 5.10. The number of alkyl halides is 3. The molecule has 0 saturated carbocycles. The van der Waals surface area contributed by atoms with Gasteiger partial charge in [0.25, 0.3) is 0 Å². The zero-order valence-corrected chi connectivity index (χ0v) is 11.3. The highest BCUT2D eigenvalue weighted by Crippen LogP contribution is 2.30. The fourth-order valence-corrected chi connectivity index (χ4v) is 2.65. The highest BCUT2D eigenvalue weighted by molar-refractivity contribution is 5.85. The number of benzene rings is 1. The zero-order chi connectivity index (χ0) is 14.9. The van der Waals surface area contributed by atoms with E-state index < -0.39 is 30.8 Å². The number of amides is 1. The van der Waals surface area contributed by atoms with E-state index in [2.05, 4.69) is 5.32 Å². The lowest BCUT2D eigenvalue weighted by Crippen LogP contribution is -2.43. The maximum atomic E-state index is 12.5. The Labute approximate surface area is 115 Å². The van der Waals surface area contributed by atoms with Crippen LogP contribution in [0.15, 0.2) is 30.3 Å². The van der Waals surface area contributed by atoms with Crippen molar-refractivity contribution in [2.24, 2.45) is 0 Å². The highest BCUT2D eigenvalue weighted by Gasteiger charge is 2.43. The van der Waals surface area contributed by atoms with Crippen LogP contribution in [-0.4, -0.2) is 29.2 Å². The molecule has 0 bridgehead atoms. The summed E-state index contributed by atoms with van der Waals surface area (Å²) in [6.07, 6.45) is -5.68. The summed E-state index contributed by atoms with van der Waals surface area (Å²) in [6, 6.07) is 7.57. The quantitative estimate of drug-likeness (QED) is 0.926. The van der Waals surface area contributed by atoms with Gasteiger partial charge in [0, 0.05) is 6.04 Å². The number of carbonyl (C=O) groups excluding carboxylic acids is 1. The van der Waals surface area contributed by atoms with Crippen LogP contribution in [-0.2, 0) is 4.79 Å². The second-order valence-electron chi connectivity index (χ2n) is 5.10. The number of nitrogens with one attached hydrogen (secondary N) is 1. The molecule has 1 saturated heterocycles. The molecular formula is C14H17F3N2O. The van der Waals surface area contributed by atoms with Gasteiger partial charge in [-0.05, 0) is 19.4 Å². The summed E-state index contributed by atoms with van der Waals surface area (Å²) in [5.74, 6) is -0.305. The van der Waals surface area contributed by atoms with Crippen molar-refractivity contribution in [3.05, 3.63) is 35.9 Å². The molecule has 0 spiro atoms. The molecule has 2 rings (SSSR count). The van der Waals surface area contributed by atoms with E-state index in [1.807, 2.05) is 6.07 Å². The fraction of sp³-hybridized carbons (Fsp3) is 0.500. The molecule has 3 unspecified atom stereocenters. The van der Waals surface area contributed by atoms with E-state index in [1.54, 1.807) is 31.2 Å². The maximum absolute atomic E-state index is 12.5. The van der Waals surface area contributed by atoms with E-state index in [4.69, 9.17) is 0 Å². The number of rotatable bonds is 3. The molecule has 1 fully saturated rings. The predicted molar refractivity (Wildman–Crippen MR) is 68.8 cm³/mol. The topological polar surface area (TPSA) is 32.3 Å². The zero-order valence-electron chi connectivity index (χ0n) is 11.3. The van der Waals surface area contributed by atoms with Crippen molar-refractivity contribution in [1.29, 1.82) is 0 Å². The summed E-state index contributed by atoms with van der Waals surface area (Å²) in [7, 11) is 0. The molecule has 1 aromatic rings. The van der Waals surface area contributed by atoms with Gasteiger partial charge in [0.15, 0.2) is 0 Å². The highest BCUT2D eigenvalue weighted by atomic mass is 19.4. The second kappa shape index (κ2) is 5.44. The molecule has 0 aromatic heterocycles. The number of hydrogen-bond donors (Lipinski definition) is 1. The Balaban J connectivity index is 2.15. The third kappa shape index (κ3) is 3.12. The predicted octanol–water partition coefficient (Wildman–Crippen LogP) is 2.85. The molecule has 1 N–H and O–H groups in total. The average molecular weight is 286 g/mol. The van der Waals surface area contributed by atoms with Gasteiger partial charge in [-0.1, -0.05) is 30.3 Å². The van der Waals surface area contributed by atoms with Gasteiger partial charge in [-0.2, -0.15) is 13.2 Å². The van der Waals surface area contributed by atoms with E-state index in [0.29, 0.717) is 0 Å². The Morgan fingerprint density at radius 1 is 1.30 bits per heavy atom. The minimum Gasteiger partial charge on any atom is -0.323 e. The molecule has 1 aliphatic rings. The van der Waals surface area contributed by atoms with Crippen LogP contribution >= 0.6 is 0 Å². The molecular weight excluding hydrogens is 269 g/mol. The van der Waals surface area contributed by atoms with Gasteiger partial charge in [0.2, 0.25) is 5.91 Å². The Bertz CT molecular complexity index is 475. The van der Waals surface area contributed by atoms with E-state index in [9.17, 15) is 18.0 Å².